The summed E-state index contributed by atoms with van der Waals surface area (Å²) in [5.74, 6) is 0. The maximum atomic E-state index is 6.14. The normalized spacial score (nSPS) is 15.8. The molecule has 0 aromatic carbocycles. The predicted octanol–water partition coefficient (Wildman–Crippen LogP) is 3.08. The third-order valence-electron chi connectivity index (χ3n) is 0.776. The zero-order valence-electron chi connectivity index (χ0n) is 6.99. The summed E-state index contributed by atoms with van der Waals surface area (Å²) in [5, 5.41) is 1.28. The number of halogens is 1. The maximum Gasteiger partial charge on any atom is 0.0542 e. The van der Waals surface area contributed by atoms with Gasteiger partial charge in [0.1, 0.15) is 0 Å². The zero-order valence-corrected chi connectivity index (χ0v) is 9.57. The van der Waals surface area contributed by atoms with Crippen LogP contribution in [-0.4, -0.2) is 26.0 Å². The third kappa shape index (κ3) is 8.86. The van der Waals surface area contributed by atoms with Crippen molar-refractivity contribution >= 4 is 28.0 Å². The van der Waals surface area contributed by atoms with Crippen molar-refractivity contribution in [3.63, 3.8) is 0 Å². The molecule has 0 N–H and O–H groups in total. The van der Waals surface area contributed by atoms with Crippen LogP contribution in [0.2, 0.25) is 19.6 Å². The lowest BCUT2D eigenvalue weighted by Gasteiger charge is -2.29. The molecule has 0 aliphatic carbocycles. The molecule has 0 aromatic rings. The van der Waals surface area contributed by atoms with Gasteiger partial charge in [-0.1, -0.05) is 30.3 Å². The minimum absolute atomic E-state index is 0.748. The van der Waals surface area contributed by atoms with Gasteiger partial charge in [0.15, 0.2) is 0 Å². The molecule has 3 heteroatoms. The molecule has 0 unspecified atom stereocenters. The Hall–Kier alpha value is 0.857. The quantitative estimate of drug-likeness (QED) is 0.579. The summed E-state index contributed by atoms with van der Waals surface area (Å²) in [6.45, 7) is 7.10. The van der Waals surface area contributed by atoms with Crippen LogP contribution >= 0.6 is 19.9 Å². The van der Waals surface area contributed by atoms with Crippen LogP contribution in [0.15, 0.2) is 0 Å². The summed E-state index contributed by atoms with van der Waals surface area (Å²) in [6, 6.07) is 0. The smallest absolute Gasteiger partial charge is 0.0542 e. The molecule has 0 atom stereocenters. The summed E-state index contributed by atoms with van der Waals surface area (Å²) in [5.41, 5.74) is 0. The molecule has 0 aliphatic heterocycles. The first kappa shape index (κ1) is 9.86. The van der Waals surface area contributed by atoms with Gasteiger partial charge in [0, 0.05) is 0 Å². The van der Waals surface area contributed by atoms with Crippen molar-refractivity contribution in [3.8, 4) is 0 Å². The minimum Gasteiger partial charge on any atom is -0.171 e. The number of hydrogen-bond donors (Lipinski definition) is 0. The Kier molecular flexibility index (Phi) is 3.12. The monoisotopic (exact) mass is 184 g/mol. The summed E-state index contributed by atoms with van der Waals surface area (Å²) in [6.07, 6.45) is 4.35. The fraction of sp³-hybridized carbons (Fsp3) is 1.00. The van der Waals surface area contributed by atoms with E-state index < -0.39 is 17.3 Å². The van der Waals surface area contributed by atoms with E-state index in [2.05, 4.69) is 32.2 Å². The second-order valence-corrected chi connectivity index (χ2v) is 15.7. The molecule has 0 nitrogen and oxygen atoms in total. The highest BCUT2D eigenvalue weighted by Crippen LogP contribution is 2.47. The summed E-state index contributed by atoms with van der Waals surface area (Å²) >= 11 is 0. The summed E-state index contributed by atoms with van der Waals surface area (Å²) in [7, 11) is 4.50. The largest absolute Gasteiger partial charge is 0.171 e. The van der Waals surface area contributed by atoms with Crippen LogP contribution in [0.4, 0.5) is 0 Å². The molecule has 0 heterocycles. The highest BCUT2D eigenvalue weighted by molar-refractivity contribution is 8.51. The van der Waals surface area contributed by atoms with Gasteiger partial charge in [-0.2, -0.15) is 9.24 Å². The van der Waals surface area contributed by atoms with E-state index in [0.717, 1.165) is 0 Å². The molecule has 58 valence electrons. The Bertz CT molecular complexity index is 78.2. The molecule has 0 spiro atoms. The van der Waals surface area contributed by atoms with E-state index in [1.807, 2.05) is 0 Å². The van der Waals surface area contributed by atoms with Crippen LogP contribution in [-0.2, 0) is 0 Å². The van der Waals surface area contributed by atoms with Crippen molar-refractivity contribution in [2.75, 3.05) is 17.9 Å². The molecule has 0 saturated carbocycles. The van der Waals surface area contributed by atoms with Crippen LogP contribution in [0.25, 0.3) is 0 Å². The van der Waals surface area contributed by atoms with Gasteiger partial charge >= 0.3 is 0 Å². The average Bonchev–Trinajstić information content (AvgIpc) is 1.14. The summed E-state index contributed by atoms with van der Waals surface area (Å²) < 4.78 is 0. The van der Waals surface area contributed by atoms with E-state index in [-0.39, 0.29) is 0 Å². The Balaban J connectivity index is 3.75. The third-order valence-corrected chi connectivity index (χ3v) is 7.97. The lowest BCUT2D eigenvalue weighted by molar-refractivity contribution is 1.66. The fourth-order valence-electron chi connectivity index (χ4n) is 1.03. The first-order chi connectivity index (χ1) is 3.71. The lowest BCUT2D eigenvalue weighted by Crippen LogP contribution is -2.27. The molecule has 0 bridgehead atoms. The Morgan fingerprint density at radius 2 is 1.56 bits per heavy atom. The van der Waals surface area contributed by atoms with E-state index in [0.29, 0.717) is 0 Å². The van der Waals surface area contributed by atoms with Gasteiger partial charge in [-0.05, 0) is 17.9 Å². The van der Waals surface area contributed by atoms with E-state index >= 15 is 0 Å². The van der Waals surface area contributed by atoms with Crippen LogP contribution < -0.4 is 0 Å². The Labute approximate surface area is 65.8 Å². The fourth-order valence-corrected chi connectivity index (χ4v) is 12.2. The minimum atomic E-state index is -0.888. The standard InChI is InChI=1S/C6H17ClSSi/c1-8(2,7)6-9(3,4)5/h6H2,1-5H3. The molecular formula is C6H17ClSSi. The van der Waals surface area contributed by atoms with Crippen molar-refractivity contribution in [1.82, 2.24) is 0 Å². The molecule has 0 rings (SSSR count). The zero-order chi connectivity index (χ0) is 7.71. The number of hydrogen-bond acceptors (Lipinski definition) is 0. The Morgan fingerprint density at radius 3 is 1.56 bits per heavy atom. The highest BCUT2D eigenvalue weighted by atomic mass is 35.7. The molecule has 0 aromatic heterocycles. The van der Waals surface area contributed by atoms with Crippen LogP contribution in [0, 0.1) is 0 Å². The second-order valence-electron chi connectivity index (χ2n) is 4.11. The van der Waals surface area contributed by atoms with Crippen molar-refractivity contribution in [2.24, 2.45) is 0 Å². The Morgan fingerprint density at radius 1 is 1.22 bits per heavy atom. The topological polar surface area (TPSA) is 0 Å². The van der Waals surface area contributed by atoms with Gasteiger partial charge < -0.3 is 0 Å². The maximum absolute atomic E-state index is 6.14. The first-order valence-corrected chi connectivity index (χ1v) is 10.3. The van der Waals surface area contributed by atoms with E-state index in [4.69, 9.17) is 10.7 Å². The van der Waals surface area contributed by atoms with Crippen molar-refractivity contribution in [1.29, 1.82) is 0 Å². The highest BCUT2D eigenvalue weighted by Gasteiger charge is 2.20. The average molecular weight is 185 g/mol. The molecule has 0 saturated heterocycles. The van der Waals surface area contributed by atoms with Gasteiger partial charge in [-0.3, -0.25) is 0 Å². The van der Waals surface area contributed by atoms with E-state index in [1.165, 1.54) is 5.38 Å². The van der Waals surface area contributed by atoms with Gasteiger partial charge in [0.25, 0.3) is 0 Å². The first-order valence-electron chi connectivity index (χ1n) is 3.11. The summed E-state index contributed by atoms with van der Waals surface area (Å²) in [4.78, 5) is 0. The van der Waals surface area contributed by atoms with Gasteiger partial charge in [-0.15, -0.1) is 0 Å². The van der Waals surface area contributed by atoms with E-state index in [1.54, 1.807) is 0 Å². The molecule has 0 aliphatic rings. The predicted molar refractivity (Wildman–Crippen MR) is 53.5 cm³/mol. The lowest BCUT2D eigenvalue weighted by atomic mass is 11.7. The molecule has 0 radical (unpaired) electrons. The van der Waals surface area contributed by atoms with Gasteiger partial charge in [0.2, 0.25) is 0 Å². The molecular weight excluding hydrogens is 168 g/mol. The van der Waals surface area contributed by atoms with Crippen LogP contribution in [0.5, 0.6) is 0 Å². The van der Waals surface area contributed by atoms with Crippen LogP contribution in [0.1, 0.15) is 0 Å². The molecule has 0 amide bonds. The van der Waals surface area contributed by atoms with Crippen molar-refractivity contribution in [3.05, 3.63) is 0 Å². The van der Waals surface area contributed by atoms with Gasteiger partial charge in [-0.25, -0.2) is 0 Å². The number of rotatable bonds is 2. The second kappa shape index (κ2) is 2.85. The van der Waals surface area contributed by atoms with E-state index in [9.17, 15) is 0 Å². The van der Waals surface area contributed by atoms with Crippen molar-refractivity contribution in [2.45, 2.75) is 19.6 Å². The van der Waals surface area contributed by atoms with Crippen molar-refractivity contribution < 1.29 is 0 Å². The van der Waals surface area contributed by atoms with Crippen LogP contribution in [0.3, 0.4) is 0 Å². The van der Waals surface area contributed by atoms with Gasteiger partial charge in [0.05, 0.1) is 8.07 Å². The SMILES string of the molecule is C[Si](C)(C)CS(C)(C)Cl. The molecule has 9 heavy (non-hydrogen) atoms. The molecule has 0 fully saturated rings.